The van der Waals surface area contributed by atoms with Crippen LogP contribution in [0.1, 0.15) is 17.5 Å². The van der Waals surface area contributed by atoms with Gasteiger partial charge in [-0.3, -0.25) is 9.69 Å². The Morgan fingerprint density at radius 2 is 1.97 bits per heavy atom. The summed E-state index contributed by atoms with van der Waals surface area (Å²) in [4.78, 5) is 14.4. The Hall–Kier alpha value is -2.89. The predicted octanol–water partition coefficient (Wildman–Crippen LogP) is 4.56. The lowest BCUT2D eigenvalue weighted by Gasteiger charge is -2.25. The van der Waals surface area contributed by atoms with Gasteiger partial charge in [-0.25, -0.2) is 4.68 Å². The third-order valence-corrected chi connectivity index (χ3v) is 5.39. The zero-order valence-electron chi connectivity index (χ0n) is 16.3. The first kappa shape index (κ1) is 19.4. The highest BCUT2D eigenvalue weighted by Gasteiger charge is 2.17. The van der Waals surface area contributed by atoms with Gasteiger partial charge in [0.05, 0.1) is 29.1 Å². The highest BCUT2D eigenvalue weighted by molar-refractivity contribution is 6.33. The minimum absolute atomic E-state index is 0.0536. The van der Waals surface area contributed by atoms with Gasteiger partial charge in [0.25, 0.3) is 0 Å². The van der Waals surface area contributed by atoms with Crippen molar-refractivity contribution < 1.29 is 4.79 Å². The van der Waals surface area contributed by atoms with E-state index in [0.29, 0.717) is 17.3 Å². The average Bonchev–Trinajstić information content (AvgIpc) is 3.21. The van der Waals surface area contributed by atoms with Crippen LogP contribution in [0, 0.1) is 6.92 Å². The average molecular weight is 407 g/mol. The maximum Gasteiger partial charge on any atom is 0.238 e. The summed E-state index contributed by atoms with van der Waals surface area (Å²) in [5, 5.41) is 7.93. The molecule has 2 aromatic carbocycles. The molecule has 148 valence electrons. The van der Waals surface area contributed by atoms with Gasteiger partial charge in [-0.05, 0) is 43.2 Å². The molecule has 0 unspecified atom stereocenters. The summed E-state index contributed by atoms with van der Waals surface area (Å²) in [5.74, 6) is -0.0536. The normalized spacial score (nSPS) is 14.5. The van der Waals surface area contributed by atoms with Crippen LogP contribution in [0.15, 0.2) is 67.0 Å². The van der Waals surface area contributed by atoms with E-state index in [1.54, 1.807) is 12.1 Å². The number of benzene rings is 2. The van der Waals surface area contributed by atoms with Crippen LogP contribution in [-0.2, 0) is 4.79 Å². The van der Waals surface area contributed by atoms with E-state index in [0.717, 1.165) is 30.8 Å². The molecule has 1 aromatic heterocycles. The molecule has 1 aliphatic heterocycles. The Bertz CT molecular complexity index is 1040. The zero-order chi connectivity index (χ0) is 20.2. The summed E-state index contributed by atoms with van der Waals surface area (Å²) >= 11 is 6.11. The number of rotatable bonds is 5. The molecular weight excluding hydrogens is 384 g/mol. The number of aromatic nitrogens is 2. The minimum Gasteiger partial charge on any atom is -0.324 e. The van der Waals surface area contributed by atoms with E-state index in [2.05, 4.69) is 58.8 Å². The van der Waals surface area contributed by atoms with E-state index >= 15 is 0 Å². The first-order valence-electron chi connectivity index (χ1n) is 9.66. The molecule has 6 heteroatoms. The summed E-state index contributed by atoms with van der Waals surface area (Å²) in [7, 11) is 0. The molecule has 0 atom stereocenters. The van der Waals surface area contributed by atoms with Crippen molar-refractivity contribution in [2.24, 2.45) is 0 Å². The lowest BCUT2D eigenvalue weighted by Crippen LogP contribution is -2.36. The van der Waals surface area contributed by atoms with Crippen molar-refractivity contribution in [3.05, 3.63) is 83.2 Å². The molecule has 5 nitrogen and oxygen atoms in total. The molecule has 0 radical (unpaired) electrons. The number of hydrogen-bond acceptors (Lipinski definition) is 3. The number of aryl methyl sites for hydroxylation is 1. The largest absolute Gasteiger partial charge is 0.324 e. The fourth-order valence-corrected chi connectivity index (χ4v) is 3.58. The molecule has 0 bridgehead atoms. The fraction of sp³-hybridized carbons (Fsp3) is 0.217. The monoisotopic (exact) mass is 406 g/mol. The van der Waals surface area contributed by atoms with Crippen LogP contribution in [-0.4, -0.2) is 40.2 Å². The van der Waals surface area contributed by atoms with Gasteiger partial charge in [0.1, 0.15) is 0 Å². The second-order valence-corrected chi connectivity index (χ2v) is 7.66. The Morgan fingerprint density at radius 1 is 1.17 bits per heavy atom. The van der Waals surface area contributed by atoms with Crippen molar-refractivity contribution in [1.29, 1.82) is 0 Å². The van der Waals surface area contributed by atoms with Gasteiger partial charge < -0.3 is 5.32 Å². The van der Waals surface area contributed by atoms with Crippen molar-refractivity contribution in [2.45, 2.75) is 13.3 Å². The smallest absolute Gasteiger partial charge is 0.238 e. The van der Waals surface area contributed by atoms with Crippen LogP contribution in [0.5, 0.6) is 0 Å². The van der Waals surface area contributed by atoms with Gasteiger partial charge in [-0.1, -0.05) is 47.5 Å². The van der Waals surface area contributed by atoms with Gasteiger partial charge in [0.2, 0.25) is 5.91 Å². The van der Waals surface area contributed by atoms with Crippen LogP contribution in [0.2, 0.25) is 5.02 Å². The number of nitrogens with one attached hydrogen (secondary N) is 1. The number of hydrogen-bond donors (Lipinski definition) is 1. The Balaban J connectivity index is 1.35. The topological polar surface area (TPSA) is 50.2 Å². The van der Waals surface area contributed by atoms with Gasteiger partial charge in [-0.2, -0.15) is 5.10 Å². The Labute approximate surface area is 175 Å². The van der Waals surface area contributed by atoms with Crippen LogP contribution in [0.3, 0.4) is 0 Å². The van der Waals surface area contributed by atoms with E-state index in [1.165, 1.54) is 11.1 Å². The highest BCUT2D eigenvalue weighted by atomic mass is 35.5. The van der Waals surface area contributed by atoms with Gasteiger partial charge in [0.15, 0.2) is 0 Å². The molecule has 1 amide bonds. The first-order valence-corrected chi connectivity index (χ1v) is 10.0. The summed E-state index contributed by atoms with van der Waals surface area (Å²) in [6, 6.07) is 15.6. The van der Waals surface area contributed by atoms with Crippen molar-refractivity contribution in [3.63, 3.8) is 0 Å². The number of carbonyl (C=O) groups excluding carboxylic acids is 1. The van der Waals surface area contributed by atoms with E-state index < -0.39 is 0 Å². The second-order valence-electron chi connectivity index (χ2n) is 7.25. The quantitative estimate of drug-likeness (QED) is 0.675. The Morgan fingerprint density at radius 3 is 2.69 bits per heavy atom. The number of para-hydroxylation sites is 1. The SMILES string of the molecule is Cc1ccc(-n2cc(C3=CCN(CC(=O)Nc4ccccc4Cl)CC3)cn2)cc1. The molecule has 4 rings (SSSR count). The zero-order valence-corrected chi connectivity index (χ0v) is 17.1. The third-order valence-electron chi connectivity index (χ3n) is 5.06. The molecule has 2 heterocycles. The highest BCUT2D eigenvalue weighted by Crippen LogP contribution is 2.24. The molecule has 29 heavy (non-hydrogen) atoms. The van der Waals surface area contributed by atoms with Gasteiger partial charge in [-0.15, -0.1) is 0 Å². The van der Waals surface area contributed by atoms with E-state index in [-0.39, 0.29) is 5.91 Å². The van der Waals surface area contributed by atoms with Crippen LogP contribution >= 0.6 is 11.6 Å². The number of anilines is 1. The van der Waals surface area contributed by atoms with Crippen LogP contribution in [0.4, 0.5) is 5.69 Å². The van der Waals surface area contributed by atoms with Crippen molar-refractivity contribution in [2.75, 3.05) is 25.0 Å². The maximum atomic E-state index is 12.3. The summed E-state index contributed by atoms with van der Waals surface area (Å²) in [6.45, 7) is 3.99. The molecule has 3 aromatic rings. The third kappa shape index (κ3) is 4.75. The number of nitrogens with zero attached hydrogens (tertiary/aromatic N) is 3. The summed E-state index contributed by atoms with van der Waals surface area (Å²) in [6.07, 6.45) is 7.05. The molecule has 0 aliphatic carbocycles. The van der Waals surface area contributed by atoms with Gasteiger partial charge in [0, 0.05) is 24.8 Å². The molecule has 0 saturated carbocycles. The molecule has 0 spiro atoms. The van der Waals surface area contributed by atoms with Crippen molar-refractivity contribution >= 4 is 28.8 Å². The molecule has 0 fully saturated rings. The first-order chi connectivity index (χ1) is 14.1. The minimum atomic E-state index is -0.0536. The van der Waals surface area contributed by atoms with Crippen molar-refractivity contribution in [1.82, 2.24) is 14.7 Å². The standard InChI is InChI=1S/C23H23ClN4O/c1-17-6-8-20(9-7-17)28-15-19(14-25-28)18-10-12-27(13-11-18)16-23(29)26-22-5-3-2-4-21(22)24/h2-10,14-15H,11-13,16H2,1H3,(H,26,29). The Kier molecular flexibility index (Phi) is 5.79. The summed E-state index contributed by atoms with van der Waals surface area (Å²) < 4.78 is 1.90. The lowest BCUT2D eigenvalue weighted by molar-refractivity contribution is -0.117. The molecule has 0 saturated heterocycles. The van der Waals surface area contributed by atoms with E-state index in [9.17, 15) is 4.79 Å². The summed E-state index contributed by atoms with van der Waals surface area (Å²) in [5.41, 5.74) is 5.33. The number of amides is 1. The van der Waals surface area contributed by atoms with Gasteiger partial charge >= 0.3 is 0 Å². The molecular formula is C23H23ClN4O. The molecule has 1 N–H and O–H groups in total. The van der Waals surface area contributed by atoms with Crippen LogP contribution < -0.4 is 5.32 Å². The maximum absolute atomic E-state index is 12.3. The van der Waals surface area contributed by atoms with Crippen LogP contribution in [0.25, 0.3) is 11.3 Å². The predicted molar refractivity (Wildman–Crippen MR) is 117 cm³/mol. The van der Waals surface area contributed by atoms with Crippen molar-refractivity contribution in [3.8, 4) is 5.69 Å². The number of halogens is 1. The lowest BCUT2D eigenvalue weighted by atomic mass is 10.0. The molecule has 1 aliphatic rings. The second kappa shape index (κ2) is 8.64. The van der Waals surface area contributed by atoms with E-state index in [4.69, 9.17) is 11.6 Å². The fourth-order valence-electron chi connectivity index (χ4n) is 3.40. The van der Waals surface area contributed by atoms with E-state index in [1.807, 2.05) is 23.0 Å². The number of carbonyl (C=O) groups is 1.